The van der Waals surface area contributed by atoms with Gasteiger partial charge in [0, 0.05) is 24.6 Å². The molecule has 0 atom stereocenters. The van der Waals surface area contributed by atoms with Crippen molar-refractivity contribution in [3.8, 4) is 0 Å². The molecule has 0 aliphatic rings. The zero-order valence-corrected chi connectivity index (χ0v) is 14.4. The summed E-state index contributed by atoms with van der Waals surface area (Å²) in [5.41, 5.74) is 3.35. The van der Waals surface area contributed by atoms with Gasteiger partial charge in [-0.2, -0.15) is 0 Å². The number of benzene rings is 2. The highest BCUT2D eigenvalue weighted by Crippen LogP contribution is 2.17. The molecule has 5 nitrogen and oxygen atoms in total. The zero-order valence-electron chi connectivity index (χ0n) is 14.4. The normalized spacial score (nSPS) is 10.4. The summed E-state index contributed by atoms with van der Waals surface area (Å²) in [6.07, 6.45) is 3.60. The van der Waals surface area contributed by atoms with Crippen molar-refractivity contribution >= 4 is 17.5 Å². The van der Waals surface area contributed by atoms with Crippen LogP contribution in [0.2, 0.25) is 0 Å². The number of halogens is 1. The van der Waals surface area contributed by atoms with E-state index in [-0.39, 0.29) is 11.7 Å². The Labute approximate surface area is 151 Å². The third kappa shape index (κ3) is 4.63. The first-order valence-electron chi connectivity index (χ1n) is 8.29. The zero-order chi connectivity index (χ0) is 18.4. The third-order valence-corrected chi connectivity index (χ3v) is 3.92. The molecule has 0 fully saturated rings. The maximum absolute atomic E-state index is 12.9. The van der Waals surface area contributed by atoms with E-state index in [0.29, 0.717) is 24.5 Å². The van der Waals surface area contributed by atoms with Gasteiger partial charge in [0.1, 0.15) is 5.82 Å². The maximum atomic E-state index is 12.9. The summed E-state index contributed by atoms with van der Waals surface area (Å²) in [7, 11) is 0. The molecule has 6 heteroatoms. The van der Waals surface area contributed by atoms with Gasteiger partial charge in [0.2, 0.25) is 5.95 Å². The van der Waals surface area contributed by atoms with Gasteiger partial charge in [0.25, 0.3) is 5.91 Å². The Morgan fingerprint density at radius 3 is 2.42 bits per heavy atom. The number of para-hydroxylation sites is 1. The van der Waals surface area contributed by atoms with E-state index in [0.717, 1.165) is 16.8 Å². The van der Waals surface area contributed by atoms with E-state index in [4.69, 9.17) is 0 Å². The molecule has 132 valence electrons. The van der Waals surface area contributed by atoms with E-state index in [1.54, 1.807) is 12.1 Å². The molecule has 0 saturated carbocycles. The molecule has 0 spiro atoms. The quantitative estimate of drug-likeness (QED) is 0.712. The van der Waals surface area contributed by atoms with Crippen molar-refractivity contribution in [2.45, 2.75) is 13.3 Å². The van der Waals surface area contributed by atoms with Crippen LogP contribution in [0.1, 0.15) is 21.5 Å². The van der Waals surface area contributed by atoms with Gasteiger partial charge in [0.05, 0.1) is 5.56 Å². The first-order chi connectivity index (χ1) is 12.6. The molecular weight excluding hydrogens is 331 g/mol. The number of aryl methyl sites for hydroxylation is 1. The number of anilines is 2. The summed E-state index contributed by atoms with van der Waals surface area (Å²) in [4.78, 5) is 20.5. The Balaban J connectivity index is 1.53. The predicted molar refractivity (Wildman–Crippen MR) is 98.9 cm³/mol. The molecule has 2 aromatic carbocycles. The fourth-order valence-corrected chi connectivity index (χ4v) is 2.42. The second-order valence-electron chi connectivity index (χ2n) is 5.87. The molecule has 0 unspecified atom stereocenters. The molecule has 0 radical (unpaired) electrons. The van der Waals surface area contributed by atoms with Crippen LogP contribution < -0.4 is 10.6 Å². The fraction of sp³-hybridized carbons (Fsp3) is 0.150. The van der Waals surface area contributed by atoms with Crippen LogP contribution in [0.5, 0.6) is 0 Å². The Morgan fingerprint density at radius 2 is 1.73 bits per heavy atom. The number of nitrogens with zero attached hydrogens (tertiary/aromatic N) is 2. The lowest BCUT2D eigenvalue weighted by molar-refractivity contribution is 0.0953. The average Bonchev–Trinajstić information content (AvgIpc) is 2.66. The molecule has 0 aliphatic heterocycles. The number of nitrogens with one attached hydrogen (secondary N) is 2. The van der Waals surface area contributed by atoms with Gasteiger partial charge in [-0.3, -0.25) is 4.79 Å². The van der Waals surface area contributed by atoms with Crippen LogP contribution in [0, 0.1) is 12.7 Å². The van der Waals surface area contributed by atoms with Gasteiger partial charge < -0.3 is 10.6 Å². The molecule has 3 aromatic rings. The van der Waals surface area contributed by atoms with Crippen LogP contribution in [0.4, 0.5) is 16.0 Å². The summed E-state index contributed by atoms with van der Waals surface area (Å²) in [6.45, 7) is 2.44. The summed E-state index contributed by atoms with van der Waals surface area (Å²) in [5, 5.41) is 5.93. The van der Waals surface area contributed by atoms with E-state index in [9.17, 15) is 9.18 Å². The number of carbonyl (C=O) groups is 1. The van der Waals surface area contributed by atoms with Crippen LogP contribution in [-0.2, 0) is 6.42 Å². The Morgan fingerprint density at radius 1 is 1.04 bits per heavy atom. The van der Waals surface area contributed by atoms with Crippen molar-refractivity contribution in [2.75, 3.05) is 11.9 Å². The first-order valence-corrected chi connectivity index (χ1v) is 8.29. The van der Waals surface area contributed by atoms with Crippen molar-refractivity contribution < 1.29 is 9.18 Å². The van der Waals surface area contributed by atoms with Crippen molar-refractivity contribution in [1.82, 2.24) is 15.3 Å². The predicted octanol–water partition coefficient (Wildman–Crippen LogP) is 3.64. The number of aromatic nitrogens is 2. The molecule has 2 N–H and O–H groups in total. The Kier molecular flexibility index (Phi) is 5.53. The highest BCUT2D eigenvalue weighted by molar-refractivity contribution is 5.93. The van der Waals surface area contributed by atoms with Crippen LogP contribution in [0.15, 0.2) is 60.9 Å². The molecule has 1 amide bonds. The van der Waals surface area contributed by atoms with E-state index in [2.05, 4.69) is 20.6 Å². The summed E-state index contributed by atoms with van der Waals surface area (Å²) < 4.78 is 12.9. The number of rotatable bonds is 6. The topological polar surface area (TPSA) is 66.9 Å². The summed E-state index contributed by atoms with van der Waals surface area (Å²) in [6, 6.07) is 14.0. The van der Waals surface area contributed by atoms with Gasteiger partial charge in [-0.1, -0.05) is 30.3 Å². The smallest absolute Gasteiger partial charge is 0.254 e. The standard InChI is InChI=1S/C20H19FN4O/c1-14-4-2-3-5-18(14)25-20-23-12-16(13-24-20)19(26)22-11-10-15-6-8-17(21)9-7-15/h2-9,12-13H,10-11H2,1H3,(H,22,26)(H,23,24,25). The third-order valence-electron chi connectivity index (χ3n) is 3.92. The van der Waals surface area contributed by atoms with E-state index in [1.807, 2.05) is 31.2 Å². The highest BCUT2D eigenvalue weighted by Gasteiger charge is 2.07. The molecule has 0 saturated heterocycles. The largest absolute Gasteiger partial charge is 0.352 e. The van der Waals surface area contributed by atoms with Crippen LogP contribution in [-0.4, -0.2) is 22.4 Å². The molecule has 3 rings (SSSR count). The van der Waals surface area contributed by atoms with E-state index >= 15 is 0 Å². The molecule has 0 bridgehead atoms. The molecular formula is C20H19FN4O. The number of hydrogen-bond acceptors (Lipinski definition) is 4. The van der Waals surface area contributed by atoms with Gasteiger partial charge in [0.15, 0.2) is 0 Å². The Hall–Kier alpha value is -3.28. The van der Waals surface area contributed by atoms with Crippen molar-refractivity contribution in [1.29, 1.82) is 0 Å². The van der Waals surface area contributed by atoms with Gasteiger partial charge in [-0.05, 0) is 42.7 Å². The molecule has 26 heavy (non-hydrogen) atoms. The minimum absolute atomic E-state index is 0.241. The van der Waals surface area contributed by atoms with Crippen LogP contribution in [0.25, 0.3) is 0 Å². The van der Waals surface area contributed by atoms with Gasteiger partial charge >= 0.3 is 0 Å². The minimum Gasteiger partial charge on any atom is -0.352 e. The second kappa shape index (κ2) is 8.20. The minimum atomic E-state index is -0.269. The lowest BCUT2D eigenvalue weighted by Crippen LogP contribution is -2.26. The van der Waals surface area contributed by atoms with Crippen molar-refractivity contribution in [2.24, 2.45) is 0 Å². The lowest BCUT2D eigenvalue weighted by Gasteiger charge is -2.08. The van der Waals surface area contributed by atoms with Crippen molar-refractivity contribution in [3.63, 3.8) is 0 Å². The number of hydrogen-bond donors (Lipinski definition) is 2. The van der Waals surface area contributed by atoms with Gasteiger partial charge in [-0.15, -0.1) is 0 Å². The summed E-state index contributed by atoms with van der Waals surface area (Å²) in [5.74, 6) is -0.0777. The SMILES string of the molecule is Cc1ccccc1Nc1ncc(C(=O)NCCc2ccc(F)cc2)cn1. The summed E-state index contributed by atoms with van der Waals surface area (Å²) >= 11 is 0. The number of amides is 1. The van der Waals surface area contributed by atoms with Crippen LogP contribution >= 0.6 is 0 Å². The molecule has 0 aliphatic carbocycles. The fourth-order valence-electron chi connectivity index (χ4n) is 2.42. The number of carbonyl (C=O) groups excluding carboxylic acids is 1. The first kappa shape index (κ1) is 17.5. The van der Waals surface area contributed by atoms with E-state index in [1.165, 1.54) is 24.5 Å². The Bertz CT molecular complexity index is 879. The molecule has 1 heterocycles. The van der Waals surface area contributed by atoms with Gasteiger partial charge in [-0.25, -0.2) is 14.4 Å². The van der Waals surface area contributed by atoms with Crippen LogP contribution in [0.3, 0.4) is 0 Å². The van der Waals surface area contributed by atoms with E-state index < -0.39 is 0 Å². The maximum Gasteiger partial charge on any atom is 0.254 e. The second-order valence-corrected chi connectivity index (χ2v) is 5.87. The highest BCUT2D eigenvalue weighted by atomic mass is 19.1. The average molecular weight is 350 g/mol. The lowest BCUT2D eigenvalue weighted by atomic mass is 10.1. The van der Waals surface area contributed by atoms with Crippen molar-refractivity contribution in [3.05, 3.63) is 83.4 Å². The molecule has 1 aromatic heterocycles. The monoisotopic (exact) mass is 350 g/mol.